The van der Waals surface area contributed by atoms with Gasteiger partial charge in [-0.25, -0.2) is 0 Å². The Morgan fingerprint density at radius 2 is 2.16 bits per heavy atom. The summed E-state index contributed by atoms with van der Waals surface area (Å²) in [5, 5.41) is 3.90. The molecule has 0 saturated carbocycles. The van der Waals surface area contributed by atoms with Gasteiger partial charge in [0.1, 0.15) is 11.0 Å². The van der Waals surface area contributed by atoms with Crippen molar-refractivity contribution in [1.29, 1.82) is 0 Å². The van der Waals surface area contributed by atoms with Crippen LogP contribution < -0.4 is 5.32 Å². The number of nitrogens with zero attached hydrogens (tertiary/aromatic N) is 2. The number of aromatic nitrogens is 2. The molecule has 0 unspecified atom stereocenters. The van der Waals surface area contributed by atoms with E-state index >= 15 is 0 Å². The molecule has 0 aliphatic carbocycles. The average molecular weight is 302 g/mol. The maximum Gasteiger partial charge on any atom is 0.129 e. The van der Waals surface area contributed by atoms with E-state index in [0.717, 1.165) is 29.7 Å². The van der Waals surface area contributed by atoms with Crippen LogP contribution in [0.4, 0.5) is 5.69 Å². The van der Waals surface area contributed by atoms with Crippen molar-refractivity contribution in [2.75, 3.05) is 38.8 Å². The Labute approximate surface area is 121 Å². The molecule has 2 rings (SSSR count). The maximum absolute atomic E-state index is 6.16. The first kappa shape index (κ1) is 14.5. The Kier molecular flexibility index (Phi) is 5.78. The minimum absolute atomic E-state index is 0.619. The highest BCUT2D eigenvalue weighted by molar-refractivity contribution is 7.00. The molecule has 104 valence electrons. The van der Waals surface area contributed by atoms with Crippen LogP contribution in [0.1, 0.15) is 6.42 Å². The summed E-state index contributed by atoms with van der Waals surface area (Å²) in [7, 11) is 1.69. The monoisotopic (exact) mass is 301 g/mol. The van der Waals surface area contributed by atoms with E-state index in [4.69, 9.17) is 21.1 Å². The van der Waals surface area contributed by atoms with Gasteiger partial charge in [0.2, 0.25) is 0 Å². The molecule has 0 aliphatic heterocycles. The summed E-state index contributed by atoms with van der Waals surface area (Å²) in [6.45, 7) is 2.73. The minimum atomic E-state index is 0.619. The average Bonchev–Trinajstić information content (AvgIpc) is 2.88. The summed E-state index contributed by atoms with van der Waals surface area (Å²) < 4.78 is 18.8. The van der Waals surface area contributed by atoms with Crippen LogP contribution in [-0.4, -0.2) is 42.2 Å². The third-order valence-corrected chi connectivity index (χ3v) is 3.42. The van der Waals surface area contributed by atoms with Gasteiger partial charge in [-0.1, -0.05) is 11.6 Å². The number of ether oxygens (including phenoxy) is 2. The summed E-state index contributed by atoms with van der Waals surface area (Å²) in [6, 6.07) is 3.70. The van der Waals surface area contributed by atoms with Crippen LogP contribution in [0.15, 0.2) is 12.1 Å². The van der Waals surface area contributed by atoms with Crippen molar-refractivity contribution < 1.29 is 9.47 Å². The van der Waals surface area contributed by atoms with Gasteiger partial charge in [-0.15, -0.1) is 0 Å². The van der Waals surface area contributed by atoms with Gasteiger partial charge in [-0.3, -0.25) is 0 Å². The molecular weight excluding hydrogens is 286 g/mol. The number of benzene rings is 1. The lowest BCUT2D eigenvalue weighted by Crippen LogP contribution is -2.11. The Hall–Kier alpha value is -0.950. The molecule has 1 aromatic carbocycles. The third kappa shape index (κ3) is 4.01. The molecule has 0 aliphatic rings. The predicted octanol–water partition coefficient (Wildman–Crippen LogP) is 2.81. The van der Waals surface area contributed by atoms with E-state index in [1.54, 1.807) is 7.11 Å². The number of fused-ring (bicyclic) bond motifs is 1. The van der Waals surface area contributed by atoms with Gasteiger partial charge >= 0.3 is 0 Å². The van der Waals surface area contributed by atoms with Crippen LogP contribution in [0.25, 0.3) is 11.0 Å². The van der Waals surface area contributed by atoms with Crippen LogP contribution in [-0.2, 0) is 9.47 Å². The largest absolute Gasteiger partial charge is 0.385 e. The first-order valence-electron chi connectivity index (χ1n) is 6.04. The summed E-state index contributed by atoms with van der Waals surface area (Å²) in [6.07, 6.45) is 0.906. The van der Waals surface area contributed by atoms with Crippen LogP contribution in [0, 0.1) is 0 Å². The number of anilines is 1. The molecule has 19 heavy (non-hydrogen) atoms. The fourth-order valence-electron chi connectivity index (χ4n) is 1.65. The lowest BCUT2D eigenvalue weighted by atomic mass is 10.2. The van der Waals surface area contributed by atoms with E-state index in [1.807, 2.05) is 12.1 Å². The third-order valence-electron chi connectivity index (χ3n) is 2.56. The minimum Gasteiger partial charge on any atom is -0.385 e. The van der Waals surface area contributed by atoms with Crippen molar-refractivity contribution in [3.05, 3.63) is 17.2 Å². The molecule has 1 aromatic heterocycles. The van der Waals surface area contributed by atoms with Gasteiger partial charge in [-0.2, -0.15) is 8.75 Å². The van der Waals surface area contributed by atoms with Crippen molar-refractivity contribution in [2.45, 2.75) is 6.42 Å². The first-order valence-corrected chi connectivity index (χ1v) is 7.15. The number of nitrogens with one attached hydrogen (secondary N) is 1. The fourth-order valence-corrected chi connectivity index (χ4v) is 2.41. The molecule has 1 N–H and O–H groups in total. The highest BCUT2D eigenvalue weighted by Crippen LogP contribution is 2.29. The highest BCUT2D eigenvalue weighted by atomic mass is 35.5. The summed E-state index contributed by atoms with van der Waals surface area (Å²) in [5.74, 6) is 0. The second-order valence-electron chi connectivity index (χ2n) is 3.94. The topological polar surface area (TPSA) is 56.3 Å². The maximum atomic E-state index is 6.16. The van der Waals surface area contributed by atoms with Crippen LogP contribution in [0.2, 0.25) is 5.02 Å². The zero-order chi connectivity index (χ0) is 13.5. The molecule has 5 nitrogen and oxygen atoms in total. The molecule has 0 fully saturated rings. The molecule has 0 radical (unpaired) electrons. The van der Waals surface area contributed by atoms with Crippen molar-refractivity contribution in [3.8, 4) is 0 Å². The number of hydrogen-bond acceptors (Lipinski definition) is 6. The van der Waals surface area contributed by atoms with E-state index in [1.165, 1.54) is 11.7 Å². The summed E-state index contributed by atoms with van der Waals surface area (Å²) in [5.41, 5.74) is 2.50. The van der Waals surface area contributed by atoms with E-state index in [0.29, 0.717) is 24.8 Å². The Morgan fingerprint density at radius 3 is 3.00 bits per heavy atom. The molecule has 2 aromatic rings. The van der Waals surface area contributed by atoms with Gasteiger partial charge in [0.05, 0.1) is 29.0 Å². The second kappa shape index (κ2) is 7.59. The van der Waals surface area contributed by atoms with Crippen LogP contribution in [0.5, 0.6) is 0 Å². The standard InChI is InChI=1S/C12H16ClN3O2S/c1-17-6-2-7-18-8-5-14-11-9(13)3-4-10-12(11)16-19-15-10/h3-4,14H,2,5-8H2,1H3. The fraction of sp³-hybridized carbons (Fsp3) is 0.500. The Bertz CT molecular complexity index is 521. The normalized spacial score (nSPS) is 11.1. The molecule has 1 heterocycles. The molecule has 0 saturated heterocycles. The van der Waals surface area contributed by atoms with Crippen LogP contribution >= 0.6 is 23.3 Å². The SMILES string of the molecule is COCCCOCCNc1c(Cl)ccc2nsnc12. The molecule has 0 amide bonds. The number of methoxy groups -OCH3 is 1. The smallest absolute Gasteiger partial charge is 0.129 e. The highest BCUT2D eigenvalue weighted by Gasteiger charge is 2.08. The van der Waals surface area contributed by atoms with E-state index in [9.17, 15) is 0 Å². The van der Waals surface area contributed by atoms with Crippen molar-refractivity contribution in [2.24, 2.45) is 0 Å². The van der Waals surface area contributed by atoms with Crippen LogP contribution in [0.3, 0.4) is 0 Å². The zero-order valence-corrected chi connectivity index (χ0v) is 12.3. The molecule has 0 bridgehead atoms. The predicted molar refractivity (Wildman–Crippen MR) is 78.2 cm³/mol. The summed E-state index contributed by atoms with van der Waals surface area (Å²) >= 11 is 7.34. The molecule has 0 spiro atoms. The molecular formula is C12H16ClN3O2S. The number of halogens is 1. The van der Waals surface area contributed by atoms with Gasteiger partial charge in [-0.05, 0) is 18.6 Å². The second-order valence-corrected chi connectivity index (χ2v) is 4.88. The molecule has 7 heteroatoms. The van der Waals surface area contributed by atoms with E-state index < -0.39 is 0 Å². The number of hydrogen-bond donors (Lipinski definition) is 1. The van der Waals surface area contributed by atoms with Gasteiger partial charge in [0.15, 0.2) is 0 Å². The first-order chi connectivity index (χ1) is 9.33. The van der Waals surface area contributed by atoms with E-state index in [-0.39, 0.29) is 0 Å². The summed E-state index contributed by atoms with van der Waals surface area (Å²) in [4.78, 5) is 0. The van der Waals surface area contributed by atoms with Gasteiger partial charge in [0, 0.05) is 26.9 Å². The quantitative estimate of drug-likeness (QED) is 0.760. The Morgan fingerprint density at radius 1 is 1.26 bits per heavy atom. The van der Waals surface area contributed by atoms with Gasteiger partial charge in [0.25, 0.3) is 0 Å². The van der Waals surface area contributed by atoms with Gasteiger partial charge < -0.3 is 14.8 Å². The molecule has 0 atom stereocenters. The van der Waals surface area contributed by atoms with Crippen molar-refractivity contribution >= 4 is 40.0 Å². The zero-order valence-electron chi connectivity index (χ0n) is 10.7. The van der Waals surface area contributed by atoms with Crippen molar-refractivity contribution in [1.82, 2.24) is 8.75 Å². The van der Waals surface area contributed by atoms with E-state index in [2.05, 4.69) is 14.1 Å². The lowest BCUT2D eigenvalue weighted by Gasteiger charge is -2.09. The lowest BCUT2D eigenvalue weighted by molar-refractivity contribution is 0.109. The Balaban J connectivity index is 1.81. The van der Waals surface area contributed by atoms with Crippen molar-refractivity contribution in [3.63, 3.8) is 0 Å². The number of rotatable bonds is 8.